The molecule has 0 aliphatic heterocycles. The monoisotopic (exact) mass is 555 g/mol. The number of aryl methyl sites for hydroxylation is 1. The minimum atomic E-state index is -0.508. The van der Waals surface area contributed by atoms with E-state index < -0.39 is 5.41 Å². The summed E-state index contributed by atoms with van der Waals surface area (Å²) in [4.78, 5) is 0. The van der Waals surface area contributed by atoms with Crippen LogP contribution in [0.5, 0.6) is 0 Å². The minimum Gasteiger partial charge on any atom is -0.197 e. The summed E-state index contributed by atoms with van der Waals surface area (Å²) >= 11 is 12.5. The van der Waals surface area contributed by atoms with Gasteiger partial charge in [0.25, 0.3) is 0 Å². The molecule has 0 saturated carbocycles. The Kier molecular flexibility index (Phi) is 16.3. The number of hydrogen-bond acceptors (Lipinski definition) is 3. The Morgan fingerprint density at radius 1 is 0.789 bits per heavy atom. The number of nitrogens with zero attached hydrogens (tertiary/aromatic N) is 3. The van der Waals surface area contributed by atoms with Crippen molar-refractivity contribution in [1.29, 1.82) is 5.26 Å². The predicted octanol–water partition coefficient (Wildman–Crippen LogP) is 11.3. The molecule has 0 aliphatic rings. The smallest absolute Gasteiger partial charge is 0.0823 e. The molecule has 0 aliphatic carbocycles. The average molecular weight is 557 g/mol. The lowest BCUT2D eigenvalue weighted by Gasteiger charge is -2.28. The molecule has 0 heterocycles. The molecule has 0 spiro atoms. The van der Waals surface area contributed by atoms with Gasteiger partial charge in [0, 0.05) is 17.1 Å². The molecular weight excluding hydrogens is 509 g/mol. The second kappa shape index (κ2) is 19.2. The molecule has 0 aromatic heterocycles. The van der Waals surface area contributed by atoms with E-state index in [1.54, 1.807) is 7.05 Å². The van der Waals surface area contributed by atoms with Crippen LogP contribution in [0.1, 0.15) is 114 Å². The van der Waals surface area contributed by atoms with Gasteiger partial charge in [0.15, 0.2) is 0 Å². The van der Waals surface area contributed by atoms with Crippen LogP contribution in [0.4, 0.5) is 0 Å². The Balaban J connectivity index is 1.91. The van der Waals surface area contributed by atoms with Gasteiger partial charge in [-0.15, -0.1) is 0 Å². The Hall–Kier alpha value is -1.89. The van der Waals surface area contributed by atoms with Crippen LogP contribution in [0, 0.1) is 11.3 Å². The highest BCUT2D eigenvalue weighted by atomic mass is 35.5. The van der Waals surface area contributed by atoms with E-state index in [9.17, 15) is 5.26 Å². The molecule has 0 saturated heterocycles. The van der Waals surface area contributed by atoms with Gasteiger partial charge in [0.1, 0.15) is 0 Å². The van der Waals surface area contributed by atoms with Gasteiger partial charge in [-0.25, -0.2) is 0 Å². The molecule has 3 nitrogen and oxygen atoms in total. The molecule has 38 heavy (non-hydrogen) atoms. The van der Waals surface area contributed by atoms with E-state index in [1.165, 1.54) is 63.4 Å². The molecule has 2 aromatic carbocycles. The number of unbranched alkanes of at least 4 members (excludes halogenated alkanes) is 9. The highest BCUT2D eigenvalue weighted by Crippen LogP contribution is 2.37. The standard InChI is InChI=1S/C33H47Cl2N3/c1-3-4-5-6-7-8-9-10-11-12-23-33(27-36,29-17-14-19-31(35)26-29)24-15-20-32(38-37-2)22-21-28-16-13-18-30(34)25-28/h13-14,16-19,25-26,32H,3-12,15,20-24H2,1-2H3/b38-37+. The lowest BCUT2D eigenvalue weighted by atomic mass is 9.73. The highest BCUT2D eigenvalue weighted by Gasteiger charge is 2.32. The molecule has 0 bridgehead atoms. The summed E-state index contributed by atoms with van der Waals surface area (Å²) in [6.07, 6.45) is 18.3. The molecular formula is C33H47Cl2N3. The van der Waals surface area contributed by atoms with Crippen molar-refractivity contribution in [2.24, 2.45) is 10.2 Å². The molecule has 2 aromatic rings. The SMILES string of the molecule is CCCCCCCCCCCCC(C#N)(CCCC(CCc1cccc(Cl)c1)/N=N/C)c1cccc(Cl)c1. The predicted molar refractivity (Wildman–Crippen MR) is 163 cm³/mol. The quantitative estimate of drug-likeness (QED) is 0.118. The van der Waals surface area contributed by atoms with Gasteiger partial charge in [-0.2, -0.15) is 15.5 Å². The van der Waals surface area contributed by atoms with E-state index in [2.05, 4.69) is 35.4 Å². The second-order valence-electron chi connectivity index (χ2n) is 10.7. The van der Waals surface area contributed by atoms with E-state index in [0.29, 0.717) is 5.02 Å². The summed E-state index contributed by atoms with van der Waals surface area (Å²) < 4.78 is 0. The van der Waals surface area contributed by atoms with Crippen molar-refractivity contribution in [2.45, 2.75) is 121 Å². The van der Waals surface area contributed by atoms with Gasteiger partial charge in [-0.1, -0.05) is 119 Å². The van der Waals surface area contributed by atoms with Gasteiger partial charge >= 0.3 is 0 Å². The molecule has 5 heteroatoms. The maximum absolute atomic E-state index is 10.5. The summed E-state index contributed by atoms with van der Waals surface area (Å²) in [7, 11) is 1.74. The molecule has 0 amide bonds. The zero-order valence-electron chi connectivity index (χ0n) is 23.6. The fraction of sp³-hybridized carbons (Fsp3) is 0.606. The van der Waals surface area contributed by atoms with Crippen molar-refractivity contribution in [3.8, 4) is 6.07 Å². The number of hydrogen-bond donors (Lipinski definition) is 0. The zero-order chi connectivity index (χ0) is 27.5. The van der Waals surface area contributed by atoms with Gasteiger partial charge in [0.05, 0.1) is 17.5 Å². The molecule has 2 unspecified atom stereocenters. The maximum Gasteiger partial charge on any atom is 0.0823 e. The third-order valence-electron chi connectivity index (χ3n) is 7.62. The number of nitriles is 1. The summed E-state index contributed by atoms with van der Waals surface area (Å²) in [6.45, 7) is 2.27. The highest BCUT2D eigenvalue weighted by molar-refractivity contribution is 6.30. The van der Waals surface area contributed by atoms with E-state index in [-0.39, 0.29) is 6.04 Å². The first-order valence-corrected chi connectivity index (χ1v) is 15.5. The van der Waals surface area contributed by atoms with E-state index in [1.807, 2.05) is 36.4 Å². The molecule has 208 valence electrons. The van der Waals surface area contributed by atoms with Crippen LogP contribution >= 0.6 is 23.2 Å². The molecule has 0 radical (unpaired) electrons. The zero-order valence-corrected chi connectivity index (χ0v) is 25.1. The normalized spacial score (nSPS) is 13.9. The van der Waals surface area contributed by atoms with Crippen LogP contribution in [-0.2, 0) is 11.8 Å². The molecule has 2 rings (SSSR count). The van der Waals surface area contributed by atoms with Crippen LogP contribution in [0.25, 0.3) is 0 Å². The summed E-state index contributed by atoms with van der Waals surface area (Å²) in [5.74, 6) is 0. The van der Waals surface area contributed by atoms with Crippen LogP contribution in [0.3, 0.4) is 0 Å². The van der Waals surface area contributed by atoms with Crippen molar-refractivity contribution >= 4 is 23.2 Å². The summed E-state index contributed by atoms with van der Waals surface area (Å²) in [5.41, 5.74) is 1.77. The minimum absolute atomic E-state index is 0.145. The number of benzene rings is 2. The Morgan fingerprint density at radius 2 is 1.39 bits per heavy atom. The number of rotatable bonds is 20. The van der Waals surface area contributed by atoms with E-state index in [0.717, 1.165) is 55.5 Å². The molecule has 2 atom stereocenters. The van der Waals surface area contributed by atoms with Crippen LogP contribution in [0.2, 0.25) is 10.0 Å². The lowest BCUT2D eigenvalue weighted by molar-refractivity contribution is 0.400. The lowest BCUT2D eigenvalue weighted by Crippen LogP contribution is -2.25. The summed E-state index contributed by atoms with van der Waals surface area (Å²) in [5, 5.41) is 20.5. The van der Waals surface area contributed by atoms with Gasteiger partial charge in [-0.3, -0.25) is 0 Å². The molecule has 0 fully saturated rings. The second-order valence-corrected chi connectivity index (χ2v) is 11.5. The fourth-order valence-electron chi connectivity index (χ4n) is 5.38. The average Bonchev–Trinajstić information content (AvgIpc) is 2.92. The van der Waals surface area contributed by atoms with Gasteiger partial charge in [-0.05, 0) is 73.9 Å². The largest absolute Gasteiger partial charge is 0.197 e. The Bertz CT molecular complexity index is 984. The van der Waals surface area contributed by atoms with Crippen molar-refractivity contribution in [3.63, 3.8) is 0 Å². The van der Waals surface area contributed by atoms with Gasteiger partial charge < -0.3 is 0 Å². The Labute approximate surface area is 242 Å². The van der Waals surface area contributed by atoms with Crippen molar-refractivity contribution in [2.75, 3.05) is 7.05 Å². The van der Waals surface area contributed by atoms with Gasteiger partial charge in [0.2, 0.25) is 0 Å². The first-order valence-electron chi connectivity index (χ1n) is 14.7. The number of azo groups is 1. The van der Waals surface area contributed by atoms with Crippen molar-refractivity contribution < 1.29 is 0 Å². The maximum atomic E-state index is 10.5. The first-order chi connectivity index (χ1) is 18.5. The van der Waals surface area contributed by atoms with Crippen LogP contribution < -0.4 is 0 Å². The fourth-order valence-corrected chi connectivity index (χ4v) is 5.78. The van der Waals surface area contributed by atoms with E-state index >= 15 is 0 Å². The van der Waals surface area contributed by atoms with Crippen molar-refractivity contribution in [1.82, 2.24) is 0 Å². The van der Waals surface area contributed by atoms with E-state index in [4.69, 9.17) is 23.2 Å². The van der Waals surface area contributed by atoms with Crippen LogP contribution in [-0.4, -0.2) is 13.1 Å². The first kappa shape index (κ1) is 32.3. The third kappa shape index (κ3) is 12.3. The Morgan fingerprint density at radius 3 is 2.00 bits per heavy atom. The summed E-state index contributed by atoms with van der Waals surface area (Å²) in [6, 6.07) is 18.8. The van der Waals surface area contributed by atoms with Crippen LogP contribution in [0.15, 0.2) is 58.8 Å². The van der Waals surface area contributed by atoms with Crippen molar-refractivity contribution in [3.05, 3.63) is 69.7 Å². The third-order valence-corrected chi connectivity index (χ3v) is 8.09. The topological polar surface area (TPSA) is 48.5 Å². The number of halogens is 2. The molecule has 0 N–H and O–H groups in total.